The van der Waals surface area contributed by atoms with E-state index in [1.54, 1.807) is 19.1 Å². The zero-order valence-electron chi connectivity index (χ0n) is 15.0. The van der Waals surface area contributed by atoms with Gasteiger partial charge in [-0.1, -0.05) is 6.92 Å². The molecule has 0 spiro atoms. The van der Waals surface area contributed by atoms with Gasteiger partial charge in [-0.15, -0.1) is 0 Å². The summed E-state index contributed by atoms with van der Waals surface area (Å²) in [6.07, 6.45) is 0.331. The highest BCUT2D eigenvalue weighted by Crippen LogP contribution is 2.15. The average molecular weight is 411 g/mol. The van der Waals surface area contributed by atoms with Gasteiger partial charge in [-0.3, -0.25) is 9.59 Å². The number of hydrogen-bond donors (Lipinski definition) is 3. The number of carbonyl (C=O) groups is 2. The maximum absolute atomic E-state index is 13.6. The van der Waals surface area contributed by atoms with E-state index in [1.165, 1.54) is 12.1 Å². The van der Waals surface area contributed by atoms with Gasteiger partial charge in [-0.2, -0.15) is 0 Å². The van der Waals surface area contributed by atoms with Crippen molar-refractivity contribution in [2.45, 2.75) is 18.2 Å². The predicted molar refractivity (Wildman–Crippen MR) is 99.2 cm³/mol. The van der Waals surface area contributed by atoms with Crippen molar-refractivity contribution in [3.05, 3.63) is 59.7 Å². The molecule has 2 rings (SSSR count). The minimum atomic E-state index is -4.25. The molecule has 0 aromatic heterocycles. The monoisotopic (exact) mass is 411 g/mol. The highest BCUT2D eigenvalue weighted by molar-refractivity contribution is 7.89. The molecule has 0 atom stereocenters. The van der Waals surface area contributed by atoms with Gasteiger partial charge < -0.3 is 10.6 Å². The topological polar surface area (TPSA) is 104 Å². The summed E-state index contributed by atoms with van der Waals surface area (Å²) in [5, 5.41) is 5.15. The summed E-state index contributed by atoms with van der Waals surface area (Å²) in [4.78, 5) is 22.5. The molecule has 0 aliphatic heterocycles. The number of hydrogen-bond acceptors (Lipinski definition) is 4. The molecule has 0 bridgehead atoms. The number of benzene rings is 2. The molecule has 0 fully saturated rings. The van der Waals surface area contributed by atoms with Crippen LogP contribution in [0.25, 0.3) is 0 Å². The summed E-state index contributed by atoms with van der Waals surface area (Å²) < 4.78 is 52.8. The second-order valence-electron chi connectivity index (χ2n) is 5.71. The minimum Gasteiger partial charge on any atom is -0.351 e. The molecule has 28 heavy (non-hydrogen) atoms. The summed E-state index contributed by atoms with van der Waals surface area (Å²) >= 11 is 0. The van der Waals surface area contributed by atoms with Gasteiger partial charge in [0.1, 0.15) is 16.5 Å². The standard InChI is InChI=1S/C18H19F2N3O4S/c1-2-17(24)23-14-6-3-12(4-7-14)18(25)21-9-10-22-28(26,27)16-11-13(19)5-8-15(16)20/h3-8,11,22H,2,9-10H2,1H3,(H,21,25)(H,23,24). The lowest BCUT2D eigenvalue weighted by molar-refractivity contribution is -0.115. The Bertz CT molecular complexity index is 963. The Hall–Kier alpha value is -2.85. The molecule has 0 saturated carbocycles. The van der Waals surface area contributed by atoms with E-state index in [1.807, 2.05) is 0 Å². The Kier molecular flexibility index (Phi) is 7.18. The van der Waals surface area contributed by atoms with E-state index in [4.69, 9.17) is 0 Å². The van der Waals surface area contributed by atoms with Crippen LogP contribution in [0.2, 0.25) is 0 Å². The fourth-order valence-electron chi connectivity index (χ4n) is 2.18. The summed E-state index contributed by atoms with van der Waals surface area (Å²) in [6.45, 7) is 1.44. The molecule has 2 amide bonds. The van der Waals surface area contributed by atoms with Crippen LogP contribution in [0.1, 0.15) is 23.7 Å². The molecule has 150 valence electrons. The van der Waals surface area contributed by atoms with Crippen molar-refractivity contribution in [2.24, 2.45) is 0 Å². The van der Waals surface area contributed by atoms with Crippen LogP contribution in [0.5, 0.6) is 0 Å². The SMILES string of the molecule is CCC(=O)Nc1ccc(C(=O)NCCNS(=O)(=O)c2cc(F)ccc2F)cc1. The molecule has 0 saturated heterocycles. The highest BCUT2D eigenvalue weighted by Gasteiger charge is 2.19. The first-order chi connectivity index (χ1) is 13.2. The normalized spacial score (nSPS) is 11.1. The number of sulfonamides is 1. The Labute approximate surface area is 161 Å². The maximum Gasteiger partial charge on any atom is 0.251 e. The van der Waals surface area contributed by atoms with E-state index < -0.39 is 32.5 Å². The molecule has 0 radical (unpaired) electrons. The minimum absolute atomic E-state index is 0.0662. The zero-order valence-corrected chi connectivity index (χ0v) is 15.8. The first kappa shape index (κ1) is 21.5. The predicted octanol–water partition coefficient (Wildman–Crippen LogP) is 2.02. The van der Waals surface area contributed by atoms with Gasteiger partial charge in [-0.25, -0.2) is 21.9 Å². The molecule has 3 N–H and O–H groups in total. The third-order valence-electron chi connectivity index (χ3n) is 3.64. The Balaban J connectivity index is 1.86. The number of amides is 2. The van der Waals surface area contributed by atoms with Crippen molar-refractivity contribution in [3.63, 3.8) is 0 Å². The number of anilines is 1. The number of halogens is 2. The molecular weight excluding hydrogens is 392 g/mol. The number of carbonyl (C=O) groups excluding carboxylic acids is 2. The van der Waals surface area contributed by atoms with E-state index in [2.05, 4.69) is 15.4 Å². The van der Waals surface area contributed by atoms with Gasteiger partial charge in [0.25, 0.3) is 5.91 Å². The Morgan fingerprint density at radius 2 is 1.68 bits per heavy atom. The van der Waals surface area contributed by atoms with Crippen molar-refractivity contribution >= 4 is 27.5 Å². The second-order valence-corrected chi connectivity index (χ2v) is 7.44. The maximum atomic E-state index is 13.6. The van der Waals surface area contributed by atoms with Gasteiger partial charge in [0.05, 0.1) is 0 Å². The number of rotatable bonds is 8. The molecule has 0 heterocycles. The molecule has 2 aromatic rings. The average Bonchev–Trinajstić information content (AvgIpc) is 2.67. The number of nitrogens with one attached hydrogen (secondary N) is 3. The largest absolute Gasteiger partial charge is 0.351 e. The Morgan fingerprint density at radius 1 is 1.00 bits per heavy atom. The first-order valence-electron chi connectivity index (χ1n) is 8.35. The zero-order chi connectivity index (χ0) is 20.7. The molecule has 0 aliphatic rings. The van der Waals surface area contributed by atoms with E-state index >= 15 is 0 Å². The second kappa shape index (κ2) is 9.38. The van der Waals surface area contributed by atoms with Crippen LogP contribution in [-0.4, -0.2) is 33.3 Å². The summed E-state index contributed by atoms with van der Waals surface area (Å²) in [5.74, 6) is -2.56. The van der Waals surface area contributed by atoms with Crippen LogP contribution in [0.15, 0.2) is 47.4 Å². The molecular formula is C18H19F2N3O4S. The molecule has 0 unspecified atom stereocenters. The third kappa shape index (κ3) is 5.83. The quantitative estimate of drug-likeness (QED) is 0.578. The summed E-state index contributed by atoms with van der Waals surface area (Å²) in [5.41, 5.74) is 0.863. The fourth-order valence-corrected chi connectivity index (χ4v) is 3.30. The lowest BCUT2D eigenvalue weighted by Crippen LogP contribution is -2.35. The van der Waals surface area contributed by atoms with Gasteiger partial charge >= 0.3 is 0 Å². The lowest BCUT2D eigenvalue weighted by atomic mass is 10.2. The molecule has 7 nitrogen and oxygen atoms in total. The van der Waals surface area contributed by atoms with Crippen LogP contribution >= 0.6 is 0 Å². The van der Waals surface area contributed by atoms with Crippen molar-refractivity contribution in [1.82, 2.24) is 10.0 Å². The van der Waals surface area contributed by atoms with E-state index in [-0.39, 0.29) is 19.0 Å². The van der Waals surface area contributed by atoms with Crippen LogP contribution in [0, 0.1) is 11.6 Å². The van der Waals surface area contributed by atoms with Gasteiger partial charge in [0.15, 0.2) is 0 Å². The molecule has 2 aromatic carbocycles. The Morgan fingerprint density at radius 3 is 2.32 bits per heavy atom. The van der Waals surface area contributed by atoms with Gasteiger partial charge in [0, 0.05) is 30.8 Å². The van der Waals surface area contributed by atoms with Crippen molar-refractivity contribution < 1.29 is 26.8 Å². The smallest absolute Gasteiger partial charge is 0.251 e. The summed E-state index contributed by atoms with van der Waals surface area (Å²) in [7, 11) is -4.25. The third-order valence-corrected chi connectivity index (χ3v) is 5.11. The van der Waals surface area contributed by atoms with Crippen LogP contribution in [0.3, 0.4) is 0 Å². The van der Waals surface area contributed by atoms with Crippen LogP contribution < -0.4 is 15.4 Å². The van der Waals surface area contributed by atoms with Crippen LogP contribution in [0.4, 0.5) is 14.5 Å². The van der Waals surface area contributed by atoms with E-state index in [9.17, 15) is 26.8 Å². The van der Waals surface area contributed by atoms with Gasteiger partial charge in [0.2, 0.25) is 15.9 Å². The molecule has 10 heteroatoms. The molecule has 0 aliphatic carbocycles. The van der Waals surface area contributed by atoms with E-state index in [0.717, 1.165) is 12.1 Å². The van der Waals surface area contributed by atoms with Crippen molar-refractivity contribution in [1.29, 1.82) is 0 Å². The highest BCUT2D eigenvalue weighted by atomic mass is 32.2. The summed E-state index contributed by atoms with van der Waals surface area (Å²) in [6, 6.07) is 8.26. The fraction of sp³-hybridized carbons (Fsp3) is 0.222. The lowest BCUT2D eigenvalue weighted by Gasteiger charge is -2.09. The van der Waals surface area contributed by atoms with Crippen LogP contribution in [-0.2, 0) is 14.8 Å². The van der Waals surface area contributed by atoms with Crippen molar-refractivity contribution in [2.75, 3.05) is 18.4 Å². The first-order valence-corrected chi connectivity index (χ1v) is 9.84. The van der Waals surface area contributed by atoms with Crippen molar-refractivity contribution in [3.8, 4) is 0 Å². The van der Waals surface area contributed by atoms with E-state index in [0.29, 0.717) is 23.7 Å². The van der Waals surface area contributed by atoms with Gasteiger partial charge in [-0.05, 0) is 42.5 Å².